The first kappa shape index (κ1) is 23.0. The minimum Gasteiger partial charge on any atom is -0.294 e. The van der Waals surface area contributed by atoms with Gasteiger partial charge in [0.05, 0.1) is 22.1 Å². The quantitative estimate of drug-likeness (QED) is 0.226. The van der Waals surface area contributed by atoms with E-state index in [0.717, 1.165) is 56.4 Å². The Morgan fingerprint density at radius 1 is 0.476 bits per heavy atom. The molecule has 0 N–H and O–H groups in total. The van der Waals surface area contributed by atoms with Gasteiger partial charge in [0, 0.05) is 33.4 Å². The maximum atomic E-state index is 5.26. The van der Waals surface area contributed by atoms with Gasteiger partial charge in [-0.05, 0) is 67.6 Å². The number of benzene rings is 4. The number of fused-ring (bicyclic) bond motifs is 7. The number of para-hydroxylation sites is 3. The van der Waals surface area contributed by atoms with Crippen LogP contribution in [0.4, 0.5) is 0 Å². The minimum atomic E-state index is 0.839. The lowest BCUT2D eigenvalue weighted by molar-refractivity contribution is 0.979. The van der Waals surface area contributed by atoms with E-state index in [0.29, 0.717) is 0 Å². The average Bonchev–Trinajstić information content (AvgIpc) is 3.66. The number of imidazole rings is 1. The molecule has 198 valence electrons. The van der Waals surface area contributed by atoms with Crippen molar-refractivity contribution in [1.82, 2.24) is 28.7 Å². The molecule has 5 heterocycles. The molecule has 9 aromatic rings. The Labute approximate surface area is 240 Å². The van der Waals surface area contributed by atoms with Crippen LogP contribution in [0, 0.1) is 6.92 Å². The van der Waals surface area contributed by atoms with Gasteiger partial charge in [-0.25, -0.2) is 15.0 Å². The third-order valence-corrected chi connectivity index (χ3v) is 8.25. The Balaban J connectivity index is 1.40. The van der Waals surface area contributed by atoms with Gasteiger partial charge < -0.3 is 0 Å². The number of hydrogen-bond donors (Lipinski definition) is 0. The van der Waals surface area contributed by atoms with Crippen molar-refractivity contribution in [1.29, 1.82) is 0 Å². The van der Waals surface area contributed by atoms with Crippen LogP contribution in [0.1, 0.15) is 5.82 Å². The van der Waals surface area contributed by atoms with Crippen molar-refractivity contribution in [2.75, 3.05) is 0 Å². The van der Waals surface area contributed by atoms with Crippen LogP contribution in [0.5, 0.6) is 0 Å². The Kier molecular flexibility index (Phi) is 4.72. The highest BCUT2D eigenvalue weighted by atomic mass is 15.2. The summed E-state index contributed by atoms with van der Waals surface area (Å²) in [6, 6.07) is 42.3. The maximum absolute atomic E-state index is 5.26. The van der Waals surface area contributed by atoms with E-state index in [-0.39, 0.29) is 0 Å². The summed E-state index contributed by atoms with van der Waals surface area (Å²) in [5, 5.41) is 4.79. The predicted molar refractivity (Wildman–Crippen MR) is 170 cm³/mol. The summed E-state index contributed by atoms with van der Waals surface area (Å²) in [4.78, 5) is 14.8. The molecular weight excluding hydrogens is 516 g/mol. The molecular formula is C36H24N6. The van der Waals surface area contributed by atoms with Crippen molar-refractivity contribution in [3.05, 3.63) is 133 Å². The topological polar surface area (TPSA) is 53.5 Å². The molecule has 4 aromatic carbocycles. The van der Waals surface area contributed by atoms with E-state index in [2.05, 4.69) is 105 Å². The van der Waals surface area contributed by atoms with Crippen LogP contribution in [-0.2, 0) is 0 Å². The van der Waals surface area contributed by atoms with E-state index < -0.39 is 0 Å². The Morgan fingerprint density at radius 2 is 1.12 bits per heavy atom. The van der Waals surface area contributed by atoms with Gasteiger partial charge in [-0.2, -0.15) is 0 Å². The first-order valence-corrected chi connectivity index (χ1v) is 14.1. The molecule has 0 amide bonds. The highest BCUT2D eigenvalue weighted by molar-refractivity contribution is 6.19. The predicted octanol–water partition coefficient (Wildman–Crippen LogP) is 8.32. The smallest absolute Gasteiger partial charge is 0.167 e. The minimum absolute atomic E-state index is 0.839. The molecule has 0 aliphatic carbocycles. The zero-order valence-electron chi connectivity index (χ0n) is 22.8. The second kappa shape index (κ2) is 8.62. The molecule has 0 bridgehead atoms. The number of aromatic nitrogens is 6. The number of aryl methyl sites for hydroxylation is 1. The zero-order valence-corrected chi connectivity index (χ0v) is 22.8. The number of hydrogen-bond acceptors (Lipinski definition) is 3. The lowest BCUT2D eigenvalue weighted by Gasteiger charge is -2.10. The monoisotopic (exact) mass is 540 g/mol. The van der Waals surface area contributed by atoms with Crippen molar-refractivity contribution < 1.29 is 0 Å². The standard InChI is InChI=1S/C36H24N6/c1-23-38-29-18-19-35(39-36(29)40(23)24-11-3-2-4-12-24)42-31-16-8-6-14-26(31)28-21-27-25-13-5-7-15-30(25)41(32(27)22-33(28)42)34-17-9-10-20-37-34/h2-22H,1H3. The first-order chi connectivity index (χ1) is 20.8. The van der Waals surface area contributed by atoms with Crippen LogP contribution in [0.15, 0.2) is 128 Å². The van der Waals surface area contributed by atoms with Gasteiger partial charge in [-0.1, -0.05) is 60.7 Å². The fourth-order valence-electron chi connectivity index (χ4n) is 6.48. The molecule has 0 atom stereocenters. The zero-order chi connectivity index (χ0) is 27.8. The molecule has 0 aliphatic heterocycles. The number of rotatable bonds is 3. The summed E-state index contributed by atoms with van der Waals surface area (Å²) >= 11 is 0. The molecule has 5 aromatic heterocycles. The molecule has 6 heteroatoms. The molecule has 0 saturated carbocycles. The van der Waals surface area contributed by atoms with Gasteiger partial charge in [0.15, 0.2) is 5.65 Å². The molecule has 0 radical (unpaired) electrons. The average molecular weight is 541 g/mol. The van der Waals surface area contributed by atoms with Crippen molar-refractivity contribution >= 4 is 54.8 Å². The molecule has 0 fully saturated rings. The van der Waals surface area contributed by atoms with Gasteiger partial charge >= 0.3 is 0 Å². The fourth-order valence-corrected chi connectivity index (χ4v) is 6.48. The highest BCUT2D eigenvalue weighted by Crippen LogP contribution is 2.39. The van der Waals surface area contributed by atoms with Gasteiger partial charge in [0.25, 0.3) is 0 Å². The summed E-state index contributed by atoms with van der Waals surface area (Å²) in [5.74, 6) is 2.66. The van der Waals surface area contributed by atoms with E-state index in [9.17, 15) is 0 Å². The van der Waals surface area contributed by atoms with Crippen LogP contribution in [-0.4, -0.2) is 28.7 Å². The molecule has 0 aliphatic rings. The Bertz CT molecular complexity index is 2460. The van der Waals surface area contributed by atoms with Crippen LogP contribution >= 0.6 is 0 Å². The largest absolute Gasteiger partial charge is 0.294 e. The molecule has 0 spiro atoms. The van der Waals surface area contributed by atoms with Crippen LogP contribution < -0.4 is 0 Å². The summed E-state index contributed by atoms with van der Waals surface area (Å²) in [5.41, 5.74) is 7.21. The lowest BCUT2D eigenvalue weighted by atomic mass is 10.1. The van der Waals surface area contributed by atoms with Gasteiger partial charge in [-0.3, -0.25) is 13.7 Å². The highest BCUT2D eigenvalue weighted by Gasteiger charge is 2.20. The summed E-state index contributed by atoms with van der Waals surface area (Å²) < 4.78 is 6.67. The van der Waals surface area contributed by atoms with E-state index >= 15 is 0 Å². The van der Waals surface area contributed by atoms with Crippen molar-refractivity contribution in [2.45, 2.75) is 6.92 Å². The third kappa shape index (κ3) is 3.17. The van der Waals surface area contributed by atoms with E-state index in [1.807, 2.05) is 43.5 Å². The van der Waals surface area contributed by atoms with Crippen LogP contribution in [0.2, 0.25) is 0 Å². The van der Waals surface area contributed by atoms with E-state index in [1.54, 1.807) is 0 Å². The first-order valence-electron chi connectivity index (χ1n) is 14.1. The Hall–Kier alpha value is -5.75. The van der Waals surface area contributed by atoms with Crippen LogP contribution in [0.25, 0.3) is 72.1 Å². The molecule has 9 rings (SSSR count). The molecule has 0 saturated heterocycles. The van der Waals surface area contributed by atoms with Gasteiger partial charge in [0.2, 0.25) is 0 Å². The summed E-state index contributed by atoms with van der Waals surface area (Å²) in [6.45, 7) is 2.03. The van der Waals surface area contributed by atoms with Crippen LogP contribution in [0.3, 0.4) is 0 Å². The van der Waals surface area contributed by atoms with Gasteiger partial charge in [-0.15, -0.1) is 0 Å². The van der Waals surface area contributed by atoms with Crippen molar-refractivity contribution in [3.63, 3.8) is 0 Å². The van der Waals surface area contributed by atoms with Crippen molar-refractivity contribution in [3.8, 4) is 17.3 Å². The SMILES string of the molecule is Cc1nc2ccc(-n3c4ccccc4c4cc5c6ccccc6n(-c6ccccn6)c5cc43)nc2n1-c1ccccc1. The Morgan fingerprint density at radius 3 is 1.81 bits per heavy atom. The van der Waals surface area contributed by atoms with E-state index in [4.69, 9.17) is 15.0 Å². The second-order valence-electron chi connectivity index (χ2n) is 10.6. The lowest BCUT2D eigenvalue weighted by Crippen LogP contribution is -2.02. The normalized spacial score (nSPS) is 11.9. The molecule has 6 nitrogen and oxygen atoms in total. The molecule has 42 heavy (non-hydrogen) atoms. The third-order valence-electron chi connectivity index (χ3n) is 8.25. The number of pyridine rings is 2. The fraction of sp³-hybridized carbons (Fsp3) is 0.0278. The van der Waals surface area contributed by atoms with Crippen molar-refractivity contribution in [2.24, 2.45) is 0 Å². The van der Waals surface area contributed by atoms with Gasteiger partial charge in [0.1, 0.15) is 23.0 Å². The maximum Gasteiger partial charge on any atom is 0.167 e. The van der Waals surface area contributed by atoms with E-state index in [1.165, 1.54) is 21.5 Å². The molecule has 0 unspecified atom stereocenters. The second-order valence-corrected chi connectivity index (χ2v) is 10.6. The summed E-state index contributed by atoms with van der Waals surface area (Å²) in [7, 11) is 0. The number of nitrogens with zero attached hydrogens (tertiary/aromatic N) is 6. The summed E-state index contributed by atoms with van der Waals surface area (Å²) in [6.07, 6.45) is 1.85.